The van der Waals surface area contributed by atoms with E-state index < -0.39 is 8.32 Å². The number of hydrogen-bond acceptors (Lipinski definition) is 6. The van der Waals surface area contributed by atoms with Gasteiger partial charge >= 0.3 is 0 Å². The zero-order chi connectivity index (χ0) is 32.9. The Labute approximate surface area is 281 Å². The van der Waals surface area contributed by atoms with Crippen molar-refractivity contribution in [1.82, 2.24) is 9.36 Å². The van der Waals surface area contributed by atoms with Crippen LogP contribution in [0.15, 0.2) is 48.8 Å². The summed E-state index contributed by atoms with van der Waals surface area (Å²) in [4.78, 5) is 20.7. The first-order valence-electron chi connectivity index (χ1n) is 17.0. The largest absolute Gasteiger partial charge is 0.496 e. The van der Waals surface area contributed by atoms with Crippen LogP contribution in [0.2, 0.25) is 18.1 Å². The molecule has 0 aliphatic heterocycles. The molecule has 1 heterocycles. The minimum Gasteiger partial charge on any atom is -0.496 e. The van der Waals surface area contributed by atoms with E-state index in [1.807, 2.05) is 12.1 Å². The van der Waals surface area contributed by atoms with E-state index in [9.17, 15) is 4.79 Å². The highest BCUT2D eigenvalue weighted by molar-refractivity contribution is 7.05. The second-order valence-electron chi connectivity index (χ2n) is 14.8. The lowest BCUT2D eigenvalue weighted by atomic mass is 9.78. The number of aromatic nitrogens is 2. The summed E-state index contributed by atoms with van der Waals surface area (Å²) in [6.45, 7) is 14.4. The lowest BCUT2D eigenvalue weighted by Crippen LogP contribution is -2.46. The van der Waals surface area contributed by atoms with Crippen LogP contribution < -0.4 is 9.64 Å². The third-order valence-electron chi connectivity index (χ3n) is 10.6. The fourth-order valence-corrected chi connectivity index (χ4v) is 8.57. The van der Waals surface area contributed by atoms with Crippen LogP contribution in [0.3, 0.4) is 0 Å². The number of aryl methyl sites for hydroxylation is 1. The molecule has 6 nitrogen and oxygen atoms in total. The van der Waals surface area contributed by atoms with Crippen molar-refractivity contribution in [3.8, 4) is 17.6 Å². The number of rotatable bonds is 8. The molecule has 2 saturated carbocycles. The molecule has 0 radical (unpaired) electrons. The van der Waals surface area contributed by atoms with Gasteiger partial charge in [-0.05, 0) is 141 Å². The number of amides is 1. The summed E-state index contributed by atoms with van der Waals surface area (Å²) < 4.78 is 16.3. The van der Waals surface area contributed by atoms with Gasteiger partial charge in [0.15, 0.2) is 13.3 Å². The van der Waals surface area contributed by atoms with Gasteiger partial charge in [0.05, 0.1) is 7.11 Å². The number of ether oxygens (including phenoxy) is 1. The van der Waals surface area contributed by atoms with E-state index >= 15 is 0 Å². The standard InChI is InChI=1S/C38H51N3O3SSi/c1-27-23-32(18-21-35(27)43-5)30-14-11-29(12-15-30)25-41(33-10-8-9-28(24-33)13-22-36-39-26-40-45-36)37(42)31-16-19-34(20-17-31)44-46(6,7)38(2,3)4/h8-10,18,21,23-24,26,29-31,34H,11-12,14-17,19-20,25H2,1-7H3. The first-order valence-corrected chi connectivity index (χ1v) is 20.6. The van der Waals surface area contributed by atoms with Crippen LogP contribution >= 0.6 is 11.5 Å². The van der Waals surface area contributed by atoms with Gasteiger partial charge in [-0.25, -0.2) is 4.98 Å². The van der Waals surface area contributed by atoms with Crippen molar-refractivity contribution >= 4 is 31.4 Å². The summed E-state index contributed by atoms with van der Waals surface area (Å²) in [5.74, 6) is 8.61. The molecule has 0 saturated heterocycles. The molecule has 0 N–H and O–H groups in total. The number of anilines is 1. The van der Waals surface area contributed by atoms with Crippen LogP contribution in [0.4, 0.5) is 5.69 Å². The molecule has 8 heteroatoms. The predicted molar refractivity (Wildman–Crippen MR) is 191 cm³/mol. The molecule has 1 amide bonds. The lowest BCUT2D eigenvalue weighted by molar-refractivity contribution is -0.124. The molecule has 5 rings (SSSR count). The van der Waals surface area contributed by atoms with E-state index in [2.05, 4.69) is 97.2 Å². The average molecular weight is 658 g/mol. The fraction of sp³-hybridized carbons (Fsp3) is 0.553. The number of nitrogens with zero attached hydrogens (tertiary/aromatic N) is 3. The molecular formula is C38H51N3O3SSi. The molecule has 2 fully saturated rings. The van der Waals surface area contributed by atoms with E-state index in [1.54, 1.807) is 7.11 Å². The molecule has 0 bridgehead atoms. The average Bonchev–Trinajstić information content (AvgIpc) is 3.56. The highest BCUT2D eigenvalue weighted by Gasteiger charge is 2.41. The van der Waals surface area contributed by atoms with Gasteiger partial charge in [-0.15, -0.1) is 0 Å². The van der Waals surface area contributed by atoms with Crippen molar-refractivity contribution in [2.45, 2.75) is 109 Å². The minimum atomic E-state index is -1.84. The van der Waals surface area contributed by atoms with Crippen LogP contribution in [0.1, 0.15) is 99.8 Å². The van der Waals surface area contributed by atoms with E-state index in [4.69, 9.17) is 9.16 Å². The van der Waals surface area contributed by atoms with Gasteiger partial charge < -0.3 is 14.1 Å². The first kappa shape index (κ1) is 34.3. The molecule has 1 aromatic heterocycles. The summed E-state index contributed by atoms with van der Waals surface area (Å²) in [6, 6.07) is 14.8. The Morgan fingerprint density at radius 2 is 1.74 bits per heavy atom. The molecule has 0 unspecified atom stereocenters. The zero-order valence-corrected chi connectivity index (χ0v) is 30.6. The van der Waals surface area contributed by atoms with Crippen molar-refractivity contribution in [2.75, 3.05) is 18.6 Å². The number of hydrogen-bond donors (Lipinski definition) is 0. The molecule has 2 aliphatic carbocycles. The van der Waals surface area contributed by atoms with Crippen molar-refractivity contribution in [1.29, 1.82) is 0 Å². The Morgan fingerprint density at radius 1 is 1.00 bits per heavy atom. The van der Waals surface area contributed by atoms with Gasteiger partial charge in [0.2, 0.25) is 5.91 Å². The second kappa shape index (κ2) is 14.8. The second-order valence-corrected chi connectivity index (χ2v) is 20.3. The SMILES string of the molecule is COc1ccc(C2CCC(CN(C(=O)C3CCC(O[Si](C)(C)C(C)(C)C)CC3)c3cccc(C#Cc4ncns4)c3)CC2)cc1C. The molecule has 246 valence electrons. The number of carbonyl (C=O) groups is 1. The maximum Gasteiger partial charge on any atom is 0.230 e. The van der Waals surface area contributed by atoms with Gasteiger partial charge in [-0.1, -0.05) is 44.9 Å². The predicted octanol–water partition coefficient (Wildman–Crippen LogP) is 9.14. The summed E-state index contributed by atoms with van der Waals surface area (Å²) in [7, 11) is -0.108. The van der Waals surface area contributed by atoms with Crippen molar-refractivity contribution in [3.05, 3.63) is 70.5 Å². The Bertz CT molecular complexity index is 1520. The molecule has 0 spiro atoms. The van der Waals surface area contributed by atoms with E-state index in [1.165, 1.54) is 29.0 Å². The minimum absolute atomic E-state index is 0.0222. The molecule has 2 aromatic carbocycles. The lowest BCUT2D eigenvalue weighted by Gasteiger charge is -2.41. The summed E-state index contributed by atoms with van der Waals surface area (Å²) in [5.41, 5.74) is 4.43. The topological polar surface area (TPSA) is 64.5 Å². The van der Waals surface area contributed by atoms with E-state index in [0.717, 1.165) is 74.9 Å². The highest BCUT2D eigenvalue weighted by Crippen LogP contribution is 2.41. The van der Waals surface area contributed by atoms with Crippen LogP contribution in [0.5, 0.6) is 5.75 Å². The van der Waals surface area contributed by atoms with Gasteiger partial charge in [0.25, 0.3) is 0 Å². The maximum atomic E-state index is 14.4. The monoisotopic (exact) mass is 657 g/mol. The molecule has 46 heavy (non-hydrogen) atoms. The fourth-order valence-electron chi connectivity index (χ4n) is 6.76. The summed E-state index contributed by atoms with van der Waals surface area (Å²) in [5, 5.41) is 0.880. The zero-order valence-electron chi connectivity index (χ0n) is 28.8. The summed E-state index contributed by atoms with van der Waals surface area (Å²) in [6.07, 6.45) is 9.98. The molecule has 2 aliphatic rings. The van der Waals surface area contributed by atoms with Gasteiger partial charge in [0.1, 0.15) is 12.1 Å². The molecule has 3 aromatic rings. The van der Waals surface area contributed by atoms with Gasteiger partial charge in [0, 0.05) is 29.8 Å². The van der Waals surface area contributed by atoms with Crippen LogP contribution in [-0.4, -0.2) is 43.3 Å². The third kappa shape index (κ3) is 8.47. The summed E-state index contributed by atoms with van der Waals surface area (Å²) >= 11 is 1.29. The van der Waals surface area contributed by atoms with Gasteiger partial charge in [-0.3, -0.25) is 4.79 Å². The van der Waals surface area contributed by atoms with Crippen molar-refractivity contribution < 1.29 is 14.0 Å². The molecular weight excluding hydrogens is 607 g/mol. The van der Waals surface area contributed by atoms with Crippen LogP contribution in [0.25, 0.3) is 0 Å². The number of benzene rings is 2. The van der Waals surface area contributed by atoms with E-state index in [0.29, 0.717) is 16.8 Å². The Hall–Kier alpha value is -2.99. The highest BCUT2D eigenvalue weighted by atomic mass is 32.1. The van der Waals surface area contributed by atoms with Crippen LogP contribution in [0, 0.1) is 30.6 Å². The number of methoxy groups -OCH3 is 1. The smallest absolute Gasteiger partial charge is 0.230 e. The Balaban J connectivity index is 1.30. The van der Waals surface area contributed by atoms with Crippen LogP contribution in [-0.2, 0) is 9.22 Å². The number of carbonyl (C=O) groups excluding carboxylic acids is 1. The van der Waals surface area contributed by atoms with E-state index in [-0.39, 0.29) is 23.0 Å². The molecule has 0 atom stereocenters. The first-order chi connectivity index (χ1) is 21.9. The Morgan fingerprint density at radius 3 is 2.37 bits per heavy atom. The normalized spacial score (nSPS) is 22.1. The maximum absolute atomic E-state index is 14.4. The third-order valence-corrected chi connectivity index (χ3v) is 15.7. The van der Waals surface area contributed by atoms with Gasteiger partial charge in [-0.2, -0.15) is 4.37 Å². The van der Waals surface area contributed by atoms with Crippen molar-refractivity contribution in [2.24, 2.45) is 11.8 Å². The Kier molecular flexibility index (Phi) is 11.1. The van der Waals surface area contributed by atoms with Crippen molar-refractivity contribution in [3.63, 3.8) is 0 Å². The quantitative estimate of drug-likeness (QED) is 0.179.